The molecule has 0 atom stereocenters. The smallest absolute Gasteiger partial charge is 0.255 e. The van der Waals surface area contributed by atoms with Gasteiger partial charge in [-0.1, -0.05) is 29.8 Å². The summed E-state index contributed by atoms with van der Waals surface area (Å²) in [7, 11) is 1.51. The zero-order chi connectivity index (χ0) is 19.8. The van der Waals surface area contributed by atoms with Crippen LogP contribution in [0.1, 0.15) is 28.7 Å². The van der Waals surface area contributed by atoms with Gasteiger partial charge in [0.1, 0.15) is 0 Å². The molecule has 0 aliphatic heterocycles. The van der Waals surface area contributed by atoms with Gasteiger partial charge in [0.2, 0.25) is 5.91 Å². The van der Waals surface area contributed by atoms with E-state index in [0.717, 1.165) is 5.56 Å². The van der Waals surface area contributed by atoms with E-state index in [1.165, 1.54) is 23.8 Å². The Kier molecular flexibility index (Phi) is 7.23. The van der Waals surface area contributed by atoms with Crippen molar-refractivity contribution in [3.05, 3.63) is 58.7 Å². The lowest BCUT2D eigenvalue weighted by Crippen LogP contribution is -2.23. The summed E-state index contributed by atoms with van der Waals surface area (Å²) in [5.74, 6) is 0.347. The molecule has 2 aromatic rings. The highest BCUT2D eigenvalue weighted by molar-refractivity contribution is 5.76. The molecule has 6 nitrogen and oxygen atoms in total. The van der Waals surface area contributed by atoms with Crippen molar-refractivity contribution >= 4 is 11.8 Å². The average molecular weight is 370 g/mol. The Morgan fingerprint density at radius 2 is 1.85 bits per heavy atom. The molecule has 0 aliphatic rings. The predicted molar refractivity (Wildman–Crippen MR) is 104 cm³/mol. The number of methoxy groups -OCH3 is 1. The minimum Gasteiger partial charge on any atom is -0.493 e. The van der Waals surface area contributed by atoms with Gasteiger partial charge in [0.05, 0.1) is 7.11 Å². The van der Waals surface area contributed by atoms with Crippen LogP contribution in [0.4, 0.5) is 0 Å². The van der Waals surface area contributed by atoms with E-state index in [1.54, 1.807) is 12.1 Å². The summed E-state index contributed by atoms with van der Waals surface area (Å²) < 4.78 is 10.6. The third-order valence-corrected chi connectivity index (χ3v) is 4.21. The second-order valence-electron chi connectivity index (χ2n) is 6.45. The Bertz CT molecular complexity index is 818. The van der Waals surface area contributed by atoms with Crippen molar-refractivity contribution in [2.45, 2.75) is 33.2 Å². The maximum absolute atomic E-state index is 12.1. The summed E-state index contributed by atoms with van der Waals surface area (Å²) in [5.41, 5.74) is 9.57. The van der Waals surface area contributed by atoms with Crippen LogP contribution >= 0.6 is 0 Å². The number of aryl methyl sites for hydroxylation is 3. The van der Waals surface area contributed by atoms with Crippen LogP contribution < -0.4 is 20.5 Å². The van der Waals surface area contributed by atoms with Gasteiger partial charge in [-0.05, 0) is 49.1 Å². The van der Waals surface area contributed by atoms with E-state index < -0.39 is 5.91 Å². The number of hydrogen-bond acceptors (Lipinski definition) is 4. The van der Waals surface area contributed by atoms with Gasteiger partial charge < -0.3 is 20.5 Å². The molecular weight excluding hydrogens is 344 g/mol. The Labute approximate surface area is 159 Å². The third-order valence-electron chi connectivity index (χ3n) is 4.21. The summed E-state index contributed by atoms with van der Waals surface area (Å²) in [6, 6.07) is 11.5. The van der Waals surface area contributed by atoms with Gasteiger partial charge >= 0.3 is 0 Å². The highest BCUT2D eigenvalue weighted by atomic mass is 16.5. The largest absolute Gasteiger partial charge is 0.493 e. The minimum absolute atomic E-state index is 0.0111. The lowest BCUT2D eigenvalue weighted by molar-refractivity contribution is -0.121. The third kappa shape index (κ3) is 6.33. The Hall–Kier alpha value is -3.02. The fourth-order valence-electron chi connectivity index (χ4n) is 2.75. The minimum atomic E-state index is -0.558. The molecule has 0 saturated carbocycles. The monoisotopic (exact) mass is 370 g/mol. The molecule has 2 aromatic carbocycles. The van der Waals surface area contributed by atoms with Crippen LogP contribution in [0.5, 0.6) is 11.5 Å². The fourth-order valence-corrected chi connectivity index (χ4v) is 2.75. The number of carbonyl (C=O) groups is 2. The van der Waals surface area contributed by atoms with E-state index in [4.69, 9.17) is 15.2 Å². The maximum atomic E-state index is 12.1. The summed E-state index contributed by atoms with van der Waals surface area (Å²) >= 11 is 0. The second kappa shape index (κ2) is 9.62. The number of primary amides is 1. The van der Waals surface area contributed by atoms with Crippen LogP contribution in [0, 0.1) is 13.8 Å². The number of hydrogen-bond donors (Lipinski definition) is 2. The average Bonchev–Trinajstić information content (AvgIpc) is 2.64. The molecular formula is C21H26N2O4. The Morgan fingerprint density at radius 1 is 1.07 bits per heavy atom. The van der Waals surface area contributed by atoms with Crippen LogP contribution in [-0.2, 0) is 22.6 Å². The first-order valence-corrected chi connectivity index (χ1v) is 8.80. The molecule has 0 spiro atoms. The SMILES string of the molecule is COc1cc(CNC(=O)CCc2ccc(C)cc2C)ccc1OCC(N)=O. The van der Waals surface area contributed by atoms with Gasteiger partial charge in [-0.15, -0.1) is 0 Å². The quantitative estimate of drug-likeness (QED) is 0.709. The van der Waals surface area contributed by atoms with Gasteiger partial charge in [-0.3, -0.25) is 9.59 Å². The number of ether oxygens (including phenoxy) is 2. The van der Waals surface area contributed by atoms with Crippen LogP contribution in [-0.4, -0.2) is 25.5 Å². The van der Waals surface area contributed by atoms with E-state index in [0.29, 0.717) is 30.9 Å². The zero-order valence-corrected chi connectivity index (χ0v) is 16.0. The first-order chi connectivity index (χ1) is 12.9. The van der Waals surface area contributed by atoms with Crippen LogP contribution in [0.2, 0.25) is 0 Å². The molecule has 0 saturated heterocycles. The maximum Gasteiger partial charge on any atom is 0.255 e. The molecule has 0 aliphatic carbocycles. The standard InChI is InChI=1S/C21H26N2O4/c1-14-4-6-17(15(2)10-14)7-9-21(25)23-12-16-5-8-18(19(11-16)26-3)27-13-20(22)24/h4-6,8,10-11H,7,9,12-13H2,1-3H3,(H2,22,24)(H,23,25). The lowest BCUT2D eigenvalue weighted by Gasteiger charge is -2.12. The van der Waals surface area contributed by atoms with E-state index in [2.05, 4.69) is 37.4 Å². The van der Waals surface area contributed by atoms with Crippen molar-refractivity contribution in [2.24, 2.45) is 5.73 Å². The summed E-state index contributed by atoms with van der Waals surface area (Å²) in [6.45, 7) is 4.29. The van der Waals surface area contributed by atoms with Crippen molar-refractivity contribution in [3.63, 3.8) is 0 Å². The molecule has 3 N–H and O–H groups in total. The summed E-state index contributed by atoms with van der Waals surface area (Å²) in [6.07, 6.45) is 1.14. The molecule has 27 heavy (non-hydrogen) atoms. The van der Waals surface area contributed by atoms with Crippen molar-refractivity contribution in [2.75, 3.05) is 13.7 Å². The first-order valence-electron chi connectivity index (χ1n) is 8.80. The van der Waals surface area contributed by atoms with E-state index in [-0.39, 0.29) is 12.5 Å². The van der Waals surface area contributed by atoms with Crippen LogP contribution in [0.15, 0.2) is 36.4 Å². The Balaban J connectivity index is 1.87. The molecule has 144 valence electrons. The predicted octanol–water partition coefficient (Wildman–Crippen LogP) is 2.43. The number of rotatable bonds is 9. The van der Waals surface area contributed by atoms with Crippen molar-refractivity contribution in [1.82, 2.24) is 5.32 Å². The van der Waals surface area contributed by atoms with Gasteiger partial charge in [0, 0.05) is 13.0 Å². The number of benzene rings is 2. The van der Waals surface area contributed by atoms with Gasteiger partial charge in [-0.25, -0.2) is 0 Å². The van der Waals surface area contributed by atoms with E-state index in [1.807, 2.05) is 6.07 Å². The molecule has 0 heterocycles. The topological polar surface area (TPSA) is 90.7 Å². The molecule has 0 radical (unpaired) electrons. The van der Waals surface area contributed by atoms with Gasteiger partial charge in [-0.2, -0.15) is 0 Å². The van der Waals surface area contributed by atoms with Gasteiger partial charge in [0.15, 0.2) is 18.1 Å². The fraction of sp³-hybridized carbons (Fsp3) is 0.333. The number of nitrogens with two attached hydrogens (primary N) is 1. The van der Waals surface area contributed by atoms with Gasteiger partial charge in [0.25, 0.3) is 5.91 Å². The molecule has 0 bridgehead atoms. The molecule has 0 unspecified atom stereocenters. The van der Waals surface area contributed by atoms with E-state index >= 15 is 0 Å². The first kappa shape index (κ1) is 20.3. The van der Waals surface area contributed by atoms with Crippen LogP contribution in [0.3, 0.4) is 0 Å². The van der Waals surface area contributed by atoms with Crippen molar-refractivity contribution < 1.29 is 19.1 Å². The molecule has 6 heteroatoms. The number of amides is 2. The highest BCUT2D eigenvalue weighted by Gasteiger charge is 2.09. The Morgan fingerprint density at radius 3 is 2.52 bits per heavy atom. The lowest BCUT2D eigenvalue weighted by atomic mass is 10.0. The van der Waals surface area contributed by atoms with E-state index in [9.17, 15) is 9.59 Å². The molecule has 2 rings (SSSR count). The van der Waals surface area contributed by atoms with Crippen molar-refractivity contribution in [1.29, 1.82) is 0 Å². The zero-order valence-electron chi connectivity index (χ0n) is 16.0. The number of nitrogens with one attached hydrogen (secondary N) is 1. The molecule has 0 aromatic heterocycles. The highest BCUT2D eigenvalue weighted by Crippen LogP contribution is 2.28. The molecule has 2 amide bonds. The second-order valence-corrected chi connectivity index (χ2v) is 6.45. The van der Waals surface area contributed by atoms with Crippen molar-refractivity contribution in [3.8, 4) is 11.5 Å². The summed E-state index contributed by atoms with van der Waals surface area (Å²) in [5, 5.41) is 2.91. The number of carbonyl (C=O) groups excluding carboxylic acids is 2. The van der Waals surface area contributed by atoms with Crippen LogP contribution in [0.25, 0.3) is 0 Å². The molecule has 0 fully saturated rings. The summed E-state index contributed by atoms with van der Waals surface area (Å²) in [4.78, 5) is 23.0. The normalized spacial score (nSPS) is 10.3.